The van der Waals surface area contributed by atoms with Crippen LogP contribution in [0.3, 0.4) is 0 Å². The topological polar surface area (TPSA) is 33.2 Å². The summed E-state index contributed by atoms with van der Waals surface area (Å²) in [5.74, 6) is 0.0204. The lowest BCUT2D eigenvalue weighted by Crippen LogP contribution is -2.15. The van der Waals surface area contributed by atoms with E-state index < -0.39 is 0 Å². The minimum Gasteiger partial charge on any atom is -0.346 e. The van der Waals surface area contributed by atoms with Crippen molar-refractivity contribution >= 4 is 33.6 Å². The van der Waals surface area contributed by atoms with Crippen LogP contribution >= 0.6 is 22.7 Å². The van der Waals surface area contributed by atoms with E-state index in [1.54, 1.807) is 11.3 Å². The molecule has 84 valence electrons. The number of carbonyl (C=O) groups excluding carboxylic acids is 1. The highest BCUT2D eigenvalue weighted by Crippen LogP contribution is 2.22. The summed E-state index contributed by atoms with van der Waals surface area (Å²) in [6, 6.07) is 4.14. The van der Waals surface area contributed by atoms with Crippen LogP contribution in [-0.4, -0.2) is 17.8 Å². The third-order valence-corrected chi connectivity index (χ3v) is 3.97. The molecule has 0 saturated carbocycles. The molecule has 2 aromatic heterocycles. The van der Waals surface area contributed by atoms with Gasteiger partial charge in [0.05, 0.1) is 6.54 Å². The molecule has 3 nitrogen and oxygen atoms in total. The van der Waals surface area contributed by atoms with Crippen LogP contribution in [0.2, 0.25) is 0 Å². The van der Waals surface area contributed by atoms with E-state index in [0.29, 0.717) is 5.69 Å². The molecule has 0 saturated heterocycles. The van der Waals surface area contributed by atoms with Gasteiger partial charge in [0.1, 0.15) is 5.69 Å². The summed E-state index contributed by atoms with van der Waals surface area (Å²) in [6.07, 6.45) is 0. The number of Topliss-reactive ketones (excluding diaryl/α,β-unsaturated/α-hetero) is 1. The van der Waals surface area contributed by atoms with Gasteiger partial charge in [-0.05, 0) is 11.4 Å². The van der Waals surface area contributed by atoms with Gasteiger partial charge in [-0.25, -0.2) is 4.98 Å². The van der Waals surface area contributed by atoms with Gasteiger partial charge in [-0.2, -0.15) is 0 Å². The maximum absolute atomic E-state index is 11.1. The molecule has 2 rings (SSSR count). The first-order chi connectivity index (χ1) is 7.66. The SMILES string of the molecule is CC(=O)c1csc(N(C)Cc2cccs2)n1. The second-order valence-corrected chi connectivity index (χ2v) is 5.38. The van der Waals surface area contributed by atoms with Crippen molar-refractivity contribution in [2.24, 2.45) is 0 Å². The lowest BCUT2D eigenvalue weighted by Gasteiger charge is -2.13. The summed E-state index contributed by atoms with van der Waals surface area (Å²) in [5, 5.41) is 4.76. The van der Waals surface area contributed by atoms with Gasteiger partial charge in [0, 0.05) is 24.2 Å². The smallest absolute Gasteiger partial charge is 0.186 e. The third kappa shape index (κ3) is 2.48. The molecule has 0 aliphatic rings. The molecule has 2 aromatic rings. The Labute approximate surface area is 102 Å². The van der Waals surface area contributed by atoms with E-state index in [1.807, 2.05) is 18.5 Å². The number of anilines is 1. The quantitative estimate of drug-likeness (QED) is 0.784. The first kappa shape index (κ1) is 11.3. The molecule has 16 heavy (non-hydrogen) atoms. The summed E-state index contributed by atoms with van der Waals surface area (Å²) in [5.41, 5.74) is 0.554. The Morgan fingerprint density at radius 3 is 2.88 bits per heavy atom. The number of aromatic nitrogens is 1. The second-order valence-electron chi connectivity index (χ2n) is 3.51. The van der Waals surface area contributed by atoms with E-state index in [4.69, 9.17) is 0 Å². The molecule has 0 unspecified atom stereocenters. The van der Waals surface area contributed by atoms with Crippen LogP contribution in [0.4, 0.5) is 5.13 Å². The summed E-state index contributed by atoms with van der Waals surface area (Å²) in [4.78, 5) is 18.8. The molecule has 0 aliphatic carbocycles. The van der Waals surface area contributed by atoms with E-state index in [-0.39, 0.29) is 5.78 Å². The molecule has 0 spiro atoms. The summed E-state index contributed by atoms with van der Waals surface area (Å²) in [7, 11) is 1.99. The van der Waals surface area contributed by atoms with Gasteiger partial charge in [-0.3, -0.25) is 4.79 Å². The van der Waals surface area contributed by atoms with E-state index >= 15 is 0 Å². The van der Waals surface area contributed by atoms with Crippen LogP contribution in [0.1, 0.15) is 22.3 Å². The molecular formula is C11H12N2OS2. The first-order valence-corrected chi connectivity index (χ1v) is 6.62. The van der Waals surface area contributed by atoms with E-state index in [9.17, 15) is 4.79 Å². The first-order valence-electron chi connectivity index (χ1n) is 4.87. The van der Waals surface area contributed by atoms with Crippen molar-refractivity contribution in [3.8, 4) is 0 Å². The number of nitrogens with zero attached hydrogens (tertiary/aromatic N) is 2. The zero-order chi connectivity index (χ0) is 11.5. The predicted octanol–water partition coefficient (Wildman–Crippen LogP) is 3.04. The van der Waals surface area contributed by atoms with Crippen molar-refractivity contribution in [2.45, 2.75) is 13.5 Å². The molecule has 0 aliphatic heterocycles. The molecule has 0 N–H and O–H groups in total. The molecule has 0 bridgehead atoms. The Bertz CT molecular complexity index is 476. The molecule has 0 amide bonds. The van der Waals surface area contributed by atoms with Gasteiger partial charge in [0.2, 0.25) is 0 Å². The van der Waals surface area contributed by atoms with Gasteiger partial charge < -0.3 is 4.90 Å². The molecular weight excluding hydrogens is 240 g/mol. The number of rotatable bonds is 4. The fourth-order valence-corrected chi connectivity index (χ4v) is 2.89. The summed E-state index contributed by atoms with van der Waals surface area (Å²) >= 11 is 3.23. The lowest BCUT2D eigenvalue weighted by molar-refractivity contribution is 0.101. The average molecular weight is 252 g/mol. The molecule has 0 atom stereocenters. The number of thiophene rings is 1. The Balaban J connectivity index is 2.08. The van der Waals surface area contributed by atoms with E-state index in [1.165, 1.54) is 23.1 Å². The second kappa shape index (κ2) is 4.76. The number of carbonyl (C=O) groups is 1. The fraction of sp³-hybridized carbons (Fsp3) is 0.273. The van der Waals surface area contributed by atoms with Crippen molar-refractivity contribution in [1.29, 1.82) is 0 Å². The van der Waals surface area contributed by atoms with E-state index in [0.717, 1.165) is 11.7 Å². The lowest BCUT2D eigenvalue weighted by atomic mass is 10.4. The Morgan fingerprint density at radius 1 is 1.50 bits per heavy atom. The van der Waals surface area contributed by atoms with Crippen LogP contribution in [0.5, 0.6) is 0 Å². The largest absolute Gasteiger partial charge is 0.346 e. The zero-order valence-electron chi connectivity index (χ0n) is 9.14. The third-order valence-electron chi connectivity index (χ3n) is 2.15. The monoisotopic (exact) mass is 252 g/mol. The van der Waals surface area contributed by atoms with Crippen molar-refractivity contribution in [1.82, 2.24) is 4.98 Å². The standard InChI is InChI=1S/C11H12N2OS2/c1-8(14)10-7-16-11(12-10)13(2)6-9-4-3-5-15-9/h3-5,7H,6H2,1-2H3. The van der Waals surface area contributed by atoms with Gasteiger partial charge in [0.15, 0.2) is 10.9 Å². The Kier molecular flexibility index (Phi) is 3.36. The normalized spacial score (nSPS) is 10.4. The molecule has 2 heterocycles. The summed E-state index contributed by atoms with van der Waals surface area (Å²) in [6.45, 7) is 2.38. The number of thiazole rings is 1. The Morgan fingerprint density at radius 2 is 2.31 bits per heavy atom. The molecule has 5 heteroatoms. The van der Waals surface area contributed by atoms with Gasteiger partial charge in [-0.1, -0.05) is 6.07 Å². The van der Waals surface area contributed by atoms with Crippen LogP contribution in [0, 0.1) is 0 Å². The van der Waals surface area contributed by atoms with Crippen molar-refractivity contribution < 1.29 is 4.79 Å². The fourth-order valence-electron chi connectivity index (χ4n) is 1.31. The van der Waals surface area contributed by atoms with Gasteiger partial charge >= 0.3 is 0 Å². The van der Waals surface area contributed by atoms with Crippen molar-refractivity contribution in [3.63, 3.8) is 0 Å². The maximum atomic E-state index is 11.1. The van der Waals surface area contributed by atoms with Crippen molar-refractivity contribution in [3.05, 3.63) is 33.5 Å². The highest BCUT2D eigenvalue weighted by Gasteiger charge is 2.10. The molecule has 0 fully saturated rings. The highest BCUT2D eigenvalue weighted by atomic mass is 32.1. The minimum absolute atomic E-state index is 0.0204. The minimum atomic E-state index is 0.0204. The summed E-state index contributed by atoms with van der Waals surface area (Å²) < 4.78 is 0. The number of hydrogen-bond donors (Lipinski definition) is 0. The van der Waals surface area contributed by atoms with Gasteiger partial charge in [0.25, 0.3) is 0 Å². The molecule has 0 radical (unpaired) electrons. The van der Waals surface area contributed by atoms with Gasteiger partial charge in [-0.15, -0.1) is 22.7 Å². The van der Waals surface area contributed by atoms with Crippen LogP contribution in [-0.2, 0) is 6.54 Å². The number of ketones is 1. The molecule has 0 aromatic carbocycles. The average Bonchev–Trinajstić information content (AvgIpc) is 2.86. The maximum Gasteiger partial charge on any atom is 0.186 e. The predicted molar refractivity (Wildman–Crippen MR) is 68.5 cm³/mol. The van der Waals surface area contributed by atoms with Crippen LogP contribution in [0.15, 0.2) is 22.9 Å². The number of hydrogen-bond acceptors (Lipinski definition) is 5. The Hall–Kier alpha value is -1.20. The van der Waals surface area contributed by atoms with Crippen LogP contribution in [0.25, 0.3) is 0 Å². The van der Waals surface area contributed by atoms with Crippen molar-refractivity contribution in [2.75, 3.05) is 11.9 Å². The van der Waals surface area contributed by atoms with E-state index in [2.05, 4.69) is 21.3 Å². The van der Waals surface area contributed by atoms with Crippen LogP contribution < -0.4 is 4.90 Å². The highest BCUT2D eigenvalue weighted by molar-refractivity contribution is 7.14. The zero-order valence-corrected chi connectivity index (χ0v) is 10.8.